The van der Waals surface area contributed by atoms with E-state index in [2.05, 4.69) is 14.8 Å². The first-order chi connectivity index (χ1) is 13.1. The largest absolute Gasteiger partial charge is 0.351 e. The number of benzene rings is 2. The number of aryl methyl sites for hydroxylation is 2. The van der Waals surface area contributed by atoms with E-state index in [1.54, 1.807) is 19.1 Å². The van der Waals surface area contributed by atoms with Crippen molar-refractivity contribution in [3.8, 4) is 0 Å². The number of rotatable bonds is 8. The summed E-state index contributed by atoms with van der Waals surface area (Å²) >= 11 is 0. The van der Waals surface area contributed by atoms with Crippen molar-refractivity contribution in [1.82, 2.24) is 14.8 Å². The Morgan fingerprint density at radius 2 is 1.54 bits per heavy atom. The average molecular weight is 426 g/mol. The molecule has 2 rings (SSSR count). The highest BCUT2D eigenvalue weighted by atomic mass is 32.2. The van der Waals surface area contributed by atoms with Gasteiger partial charge in [-0.25, -0.2) is 26.3 Å². The molecule has 0 aliphatic carbocycles. The van der Waals surface area contributed by atoms with Gasteiger partial charge in [-0.15, -0.1) is 0 Å². The maximum Gasteiger partial charge on any atom is 0.251 e. The van der Waals surface area contributed by atoms with Crippen LogP contribution in [0, 0.1) is 13.8 Å². The molecule has 10 heteroatoms. The lowest BCUT2D eigenvalue weighted by Crippen LogP contribution is -2.35. The first-order valence-electron chi connectivity index (χ1n) is 8.45. The maximum atomic E-state index is 12.4. The van der Waals surface area contributed by atoms with Gasteiger partial charge in [0, 0.05) is 18.7 Å². The number of carbonyl (C=O) groups excluding carboxylic acids is 1. The van der Waals surface area contributed by atoms with Gasteiger partial charge in [-0.05, 0) is 62.4 Å². The van der Waals surface area contributed by atoms with E-state index in [-0.39, 0.29) is 28.4 Å². The molecule has 0 heterocycles. The number of hydrogen-bond acceptors (Lipinski definition) is 5. The molecular weight excluding hydrogens is 402 g/mol. The third kappa shape index (κ3) is 5.38. The van der Waals surface area contributed by atoms with Crippen molar-refractivity contribution in [3.05, 3.63) is 59.2 Å². The predicted molar refractivity (Wildman–Crippen MR) is 106 cm³/mol. The summed E-state index contributed by atoms with van der Waals surface area (Å²) in [5, 5.41) is 2.59. The summed E-state index contributed by atoms with van der Waals surface area (Å²) in [4.78, 5) is 12.4. The predicted octanol–water partition coefficient (Wildman–Crippen LogP) is 0.920. The monoisotopic (exact) mass is 425 g/mol. The molecule has 0 aliphatic rings. The molecular formula is C18H23N3O5S2. The number of hydrogen-bond donors (Lipinski definition) is 3. The number of sulfonamides is 2. The molecule has 8 nitrogen and oxygen atoms in total. The third-order valence-corrected chi connectivity index (χ3v) is 7.06. The van der Waals surface area contributed by atoms with Crippen LogP contribution < -0.4 is 14.8 Å². The van der Waals surface area contributed by atoms with Crippen molar-refractivity contribution in [1.29, 1.82) is 0 Å². The molecule has 0 aliphatic heterocycles. The maximum absolute atomic E-state index is 12.4. The molecule has 2 aromatic carbocycles. The molecule has 0 atom stereocenters. The minimum atomic E-state index is -3.68. The van der Waals surface area contributed by atoms with Crippen molar-refractivity contribution >= 4 is 26.0 Å². The van der Waals surface area contributed by atoms with E-state index in [9.17, 15) is 21.6 Å². The molecule has 0 saturated heterocycles. The van der Waals surface area contributed by atoms with E-state index in [0.29, 0.717) is 5.56 Å². The SMILES string of the molecule is CNS(=O)(=O)c1ccc(C(=O)NCCNS(=O)(=O)c2cc(C)ccc2C)cc1. The second kappa shape index (κ2) is 8.82. The van der Waals surface area contributed by atoms with Crippen LogP contribution in [-0.2, 0) is 20.0 Å². The molecule has 0 spiro atoms. The highest BCUT2D eigenvalue weighted by Gasteiger charge is 2.17. The van der Waals surface area contributed by atoms with Gasteiger partial charge in [-0.2, -0.15) is 0 Å². The second-order valence-electron chi connectivity index (χ2n) is 6.15. The highest BCUT2D eigenvalue weighted by Crippen LogP contribution is 2.16. The van der Waals surface area contributed by atoms with Crippen molar-refractivity contribution in [3.63, 3.8) is 0 Å². The fourth-order valence-corrected chi connectivity index (χ4v) is 4.53. The van der Waals surface area contributed by atoms with Crippen LogP contribution in [0.5, 0.6) is 0 Å². The van der Waals surface area contributed by atoms with Gasteiger partial charge in [0.15, 0.2) is 0 Å². The Kier molecular flexibility index (Phi) is 6.94. The molecule has 0 aromatic heterocycles. The van der Waals surface area contributed by atoms with Crippen molar-refractivity contribution < 1.29 is 21.6 Å². The topological polar surface area (TPSA) is 121 Å². The van der Waals surface area contributed by atoms with Crippen LogP contribution in [0.1, 0.15) is 21.5 Å². The molecule has 0 radical (unpaired) electrons. The number of nitrogens with one attached hydrogen (secondary N) is 3. The van der Waals surface area contributed by atoms with Crippen molar-refractivity contribution in [2.75, 3.05) is 20.1 Å². The smallest absolute Gasteiger partial charge is 0.251 e. The van der Waals surface area contributed by atoms with E-state index in [1.165, 1.54) is 31.3 Å². The highest BCUT2D eigenvalue weighted by molar-refractivity contribution is 7.89. The fourth-order valence-electron chi connectivity index (χ4n) is 2.44. The zero-order valence-electron chi connectivity index (χ0n) is 15.8. The summed E-state index contributed by atoms with van der Waals surface area (Å²) in [6, 6.07) is 10.6. The van der Waals surface area contributed by atoms with Gasteiger partial charge in [0.1, 0.15) is 0 Å². The van der Waals surface area contributed by atoms with Gasteiger partial charge in [0.05, 0.1) is 9.79 Å². The van der Waals surface area contributed by atoms with Gasteiger partial charge in [-0.1, -0.05) is 12.1 Å². The number of amides is 1. The second-order valence-corrected chi connectivity index (χ2v) is 9.78. The van der Waals surface area contributed by atoms with Gasteiger partial charge in [0.2, 0.25) is 20.0 Å². The van der Waals surface area contributed by atoms with E-state index >= 15 is 0 Å². The van der Waals surface area contributed by atoms with Crippen LogP contribution in [-0.4, -0.2) is 42.9 Å². The van der Waals surface area contributed by atoms with E-state index in [0.717, 1.165) is 5.56 Å². The molecule has 28 heavy (non-hydrogen) atoms. The number of carbonyl (C=O) groups is 1. The van der Waals surface area contributed by atoms with Gasteiger partial charge < -0.3 is 5.32 Å². The Labute approximate surface area is 165 Å². The van der Waals surface area contributed by atoms with Crippen LogP contribution >= 0.6 is 0 Å². The molecule has 0 saturated carbocycles. The molecule has 152 valence electrons. The van der Waals surface area contributed by atoms with Crippen LogP contribution in [0.4, 0.5) is 0 Å². The fraction of sp³-hybridized carbons (Fsp3) is 0.278. The Hall–Kier alpha value is -2.27. The molecule has 1 amide bonds. The summed E-state index contributed by atoms with van der Waals surface area (Å²) in [6.45, 7) is 3.63. The Balaban J connectivity index is 1.93. The zero-order valence-corrected chi connectivity index (χ0v) is 17.4. The quantitative estimate of drug-likeness (QED) is 0.543. The standard InChI is InChI=1S/C18H23N3O5S2/c1-13-4-5-14(2)17(12-13)28(25,26)21-11-10-20-18(22)15-6-8-16(9-7-15)27(23,24)19-3/h4-9,12,19,21H,10-11H2,1-3H3,(H,20,22). The zero-order chi connectivity index (χ0) is 20.9. The normalized spacial score (nSPS) is 12.0. The molecule has 0 fully saturated rings. The van der Waals surface area contributed by atoms with E-state index in [4.69, 9.17) is 0 Å². The summed E-state index contributed by atoms with van der Waals surface area (Å²) < 4.78 is 52.8. The van der Waals surface area contributed by atoms with Gasteiger partial charge >= 0.3 is 0 Å². The van der Waals surface area contributed by atoms with Gasteiger partial charge in [0.25, 0.3) is 5.91 Å². The van der Waals surface area contributed by atoms with Crippen LogP contribution in [0.25, 0.3) is 0 Å². The minimum Gasteiger partial charge on any atom is -0.351 e. The van der Waals surface area contributed by atoms with E-state index in [1.807, 2.05) is 13.0 Å². The molecule has 0 bridgehead atoms. The molecule has 0 unspecified atom stereocenters. The van der Waals surface area contributed by atoms with Gasteiger partial charge in [-0.3, -0.25) is 4.79 Å². The Morgan fingerprint density at radius 1 is 0.893 bits per heavy atom. The lowest BCUT2D eigenvalue weighted by Gasteiger charge is -2.11. The summed E-state index contributed by atoms with van der Waals surface area (Å²) in [7, 11) is -5.94. The molecule has 3 N–H and O–H groups in total. The Bertz CT molecular complexity index is 1060. The summed E-state index contributed by atoms with van der Waals surface area (Å²) in [5.74, 6) is -0.431. The van der Waals surface area contributed by atoms with Crippen molar-refractivity contribution in [2.24, 2.45) is 0 Å². The lowest BCUT2D eigenvalue weighted by atomic mass is 10.2. The third-order valence-electron chi connectivity index (χ3n) is 4.03. The van der Waals surface area contributed by atoms with Crippen LogP contribution in [0.2, 0.25) is 0 Å². The van der Waals surface area contributed by atoms with Crippen LogP contribution in [0.15, 0.2) is 52.3 Å². The van der Waals surface area contributed by atoms with Crippen molar-refractivity contribution in [2.45, 2.75) is 23.6 Å². The Morgan fingerprint density at radius 3 is 2.14 bits per heavy atom. The first kappa shape index (κ1) is 22.0. The average Bonchev–Trinajstić information content (AvgIpc) is 2.67. The first-order valence-corrected chi connectivity index (χ1v) is 11.4. The summed E-state index contributed by atoms with van der Waals surface area (Å²) in [5.41, 5.74) is 1.74. The lowest BCUT2D eigenvalue weighted by molar-refractivity contribution is 0.0954. The minimum absolute atomic E-state index is 0.0215. The molecule has 2 aromatic rings. The summed E-state index contributed by atoms with van der Waals surface area (Å²) in [6.07, 6.45) is 0. The van der Waals surface area contributed by atoms with E-state index < -0.39 is 26.0 Å². The van der Waals surface area contributed by atoms with Crippen LogP contribution in [0.3, 0.4) is 0 Å².